The zero-order chi connectivity index (χ0) is 11.8. The van der Waals surface area contributed by atoms with Gasteiger partial charge < -0.3 is 0 Å². The first-order chi connectivity index (χ1) is 6.73. The van der Waals surface area contributed by atoms with Gasteiger partial charge in [0.25, 0.3) is 16.4 Å². The molecule has 0 aliphatic rings. The fourth-order valence-corrected chi connectivity index (χ4v) is 2.38. The summed E-state index contributed by atoms with van der Waals surface area (Å²) in [5.41, 5.74) is -0.210. The highest BCUT2D eigenvalue weighted by molar-refractivity contribution is 9.10. The second-order valence-electron chi connectivity index (χ2n) is 2.83. The van der Waals surface area contributed by atoms with Crippen molar-refractivity contribution in [3.05, 3.63) is 21.8 Å². The summed E-state index contributed by atoms with van der Waals surface area (Å²) in [6.07, 6.45) is -2.72. The van der Waals surface area contributed by atoms with Crippen molar-refractivity contribution in [2.45, 2.75) is 18.4 Å². The van der Waals surface area contributed by atoms with Crippen LogP contribution in [0.5, 0.6) is 0 Å². The fraction of sp³-hybridized carbons (Fsp3) is 0.286. The molecular formula is C7H7BrF2N2O2S. The minimum atomic E-state index is -3.98. The van der Waals surface area contributed by atoms with Crippen LogP contribution < -0.4 is 5.14 Å². The SMILES string of the molecule is Cc1cc(S(N)(=O)=O)nc(Br)c1C(F)F. The molecule has 0 bridgehead atoms. The number of alkyl halides is 2. The maximum atomic E-state index is 12.5. The van der Waals surface area contributed by atoms with Gasteiger partial charge in [0.2, 0.25) is 0 Å². The van der Waals surface area contributed by atoms with Crippen molar-refractivity contribution in [3.63, 3.8) is 0 Å². The number of sulfonamides is 1. The van der Waals surface area contributed by atoms with Gasteiger partial charge in [-0.3, -0.25) is 0 Å². The summed E-state index contributed by atoms with van der Waals surface area (Å²) in [6.45, 7) is 1.36. The normalized spacial score (nSPS) is 12.1. The van der Waals surface area contributed by atoms with Crippen molar-refractivity contribution >= 4 is 26.0 Å². The molecule has 8 heteroatoms. The quantitative estimate of drug-likeness (QED) is 0.846. The van der Waals surface area contributed by atoms with Crippen LogP contribution in [0.2, 0.25) is 0 Å². The van der Waals surface area contributed by atoms with Gasteiger partial charge in [0.05, 0.1) is 5.56 Å². The predicted octanol–water partition coefficient (Wildman–Crippen LogP) is 1.74. The van der Waals surface area contributed by atoms with Crippen molar-refractivity contribution in [1.29, 1.82) is 0 Å². The minimum absolute atomic E-state index is 0.121. The average Bonchev–Trinajstić information content (AvgIpc) is 1.99. The van der Waals surface area contributed by atoms with E-state index >= 15 is 0 Å². The topological polar surface area (TPSA) is 73.1 Å². The number of nitrogens with two attached hydrogens (primary N) is 1. The van der Waals surface area contributed by atoms with Gasteiger partial charge in [-0.2, -0.15) is 0 Å². The van der Waals surface area contributed by atoms with Gasteiger partial charge in [0.15, 0.2) is 5.03 Å². The highest BCUT2D eigenvalue weighted by Crippen LogP contribution is 2.30. The number of hydrogen-bond acceptors (Lipinski definition) is 3. The monoisotopic (exact) mass is 300 g/mol. The van der Waals surface area contributed by atoms with Crippen molar-refractivity contribution < 1.29 is 17.2 Å². The third-order valence-corrected chi connectivity index (χ3v) is 3.10. The van der Waals surface area contributed by atoms with Crippen LogP contribution in [-0.2, 0) is 10.0 Å². The average molecular weight is 301 g/mol. The Kier molecular flexibility index (Phi) is 3.41. The molecule has 0 aliphatic heterocycles. The second kappa shape index (κ2) is 4.11. The molecule has 0 aromatic carbocycles. The number of aromatic nitrogens is 1. The molecule has 0 fully saturated rings. The summed E-state index contributed by atoms with van der Waals surface area (Å²) in [7, 11) is -3.98. The lowest BCUT2D eigenvalue weighted by atomic mass is 10.2. The summed E-state index contributed by atoms with van der Waals surface area (Å²) >= 11 is 2.78. The molecule has 1 rings (SSSR count). The Labute approximate surface area is 93.7 Å². The molecule has 0 saturated carbocycles. The lowest BCUT2D eigenvalue weighted by Crippen LogP contribution is -2.15. The van der Waals surface area contributed by atoms with E-state index in [2.05, 4.69) is 20.9 Å². The molecule has 0 aliphatic carbocycles. The van der Waals surface area contributed by atoms with Crippen LogP contribution in [0.15, 0.2) is 15.7 Å². The Hall–Kier alpha value is -0.600. The molecule has 15 heavy (non-hydrogen) atoms. The third kappa shape index (κ3) is 2.70. The van der Waals surface area contributed by atoms with Gasteiger partial charge in [-0.05, 0) is 34.5 Å². The van der Waals surface area contributed by atoms with Crippen LogP contribution in [0.1, 0.15) is 17.6 Å². The van der Waals surface area contributed by atoms with Crippen LogP contribution in [0.3, 0.4) is 0 Å². The van der Waals surface area contributed by atoms with E-state index < -0.39 is 21.5 Å². The molecule has 0 amide bonds. The largest absolute Gasteiger partial charge is 0.266 e. The van der Waals surface area contributed by atoms with E-state index in [1.165, 1.54) is 6.92 Å². The summed E-state index contributed by atoms with van der Waals surface area (Å²) in [5, 5.41) is 4.39. The van der Waals surface area contributed by atoms with Gasteiger partial charge in [0.1, 0.15) is 4.60 Å². The van der Waals surface area contributed by atoms with Crippen LogP contribution in [0, 0.1) is 6.92 Å². The second-order valence-corrected chi connectivity index (χ2v) is 5.09. The Balaban J connectivity index is 3.45. The Bertz CT molecular complexity index is 467. The number of aryl methyl sites for hydroxylation is 1. The summed E-state index contributed by atoms with van der Waals surface area (Å²) in [6, 6.07) is 1.02. The summed E-state index contributed by atoms with van der Waals surface area (Å²) in [5.74, 6) is 0. The summed E-state index contributed by atoms with van der Waals surface area (Å²) in [4.78, 5) is 3.45. The van der Waals surface area contributed by atoms with Gasteiger partial charge in [0, 0.05) is 0 Å². The summed E-state index contributed by atoms with van der Waals surface area (Å²) < 4.78 is 46.6. The maximum Gasteiger partial charge on any atom is 0.266 e. The number of nitrogens with zero attached hydrogens (tertiary/aromatic N) is 1. The predicted molar refractivity (Wildman–Crippen MR) is 53.0 cm³/mol. The van der Waals surface area contributed by atoms with Crippen molar-refractivity contribution in [3.8, 4) is 0 Å². The molecule has 84 valence electrons. The molecule has 0 radical (unpaired) electrons. The van der Waals surface area contributed by atoms with Crippen molar-refractivity contribution in [2.75, 3.05) is 0 Å². The highest BCUT2D eigenvalue weighted by atomic mass is 79.9. The van der Waals surface area contributed by atoms with Crippen LogP contribution in [-0.4, -0.2) is 13.4 Å². The van der Waals surface area contributed by atoms with Gasteiger partial charge in [-0.1, -0.05) is 0 Å². The zero-order valence-electron chi connectivity index (χ0n) is 7.54. The Morgan fingerprint density at radius 2 is 2.07 bits per heavy atom. The molecular weight excluding hydrogens is 294 g/mol. The van der Waals surface area contributed by atoms with E-state index in [1.807, 2.05) is 0 Å². The van der Waals surface area contributed by atoms with Gasteiger partial charge in [-0.25, -0.2) is 27.3 Å². The number of rotatable bonds is 2. The van der Waals surface area contributed by atoms with Crippen LogP contribution in [0.4, 0.5) is 8.78 Å². The number of halogens is 3. The molecule has 1 aromatic heterocycles. The van der Waals surface area contributed by atoms with Gasteiger partial charge in [-0.15, -0.1) is 0 Å². The van der Waals surface area contributed by atoms with E-state index in [1.54, 1.807) is 0 Å². The zero-order valence-corrected chi connectivity index (χ0v) is 9.94. The first-order valence-corrected chi connectivity index (χ1v) is 6.05. The fourth-order valence-electron chi connectivity index (χ4n) is 1.02. The standard InChI is InChI=1S/C7H7BrF2N2O2S/c1-3-2-4(15(11,13)14)12-6(8)5(3)7(9)10/h2,7H,1H3,(H2,11,13,14). The van der Waals surface area contributed by atoms with Crippen molar-refractivity contribution in [2.24, 2.45) is 5.14 Å². The van der Waals surface area contributed by atoms with E-state index in [-0.39, 0.29) is 15.7 Å². The number of primary sulfonamides is 1. The van der Waals surface area contributed by atoms with E-state index in [4.69, 9.17) is 5.14 Å². The van der Waals surface area contributed by atoms with Gasteiger partial charge >= 0.3 is 0 Å². The first kappa shape index (κ1) is 12.5. The molecule has 0 saturated heterocycles. The highest BCUT2D eigenvalue weighted by Gasteiger charge is 2.20. The van der Waals surface area contributed by atoms with Crippen molar-refractivity contribution in [1.82, 2.24) is 4.98 Å². The van der Waals surface area contributed by atoms with E-state index in [0.717, 1.165) is 6.07 Å². The smallest absolute Gasteiger partial charge is 0.227 e. The molecule has 4 nitrogen and oxygen atoms in total. The number of hydrogen-bond donors (Lipinski definition) is 1. The van der Waals surface area contributed by atoms with E-state index in [0.29, 0.717) is 0 Å². The number of pyridine rings is 1. The molecule has 1 aromatic rings. The maximum absolute atomic E-state index is 12.5. The molecule has 1 heterocycles. The lowest BCUT2D eigenvalue weighted by Gasteiger charge is -2.08. The minimum Gasteiger partial charge on any atom is -0.227 e. The lowest BCUT2D eigenvalue weighted by molar-refractivity contribution is 0.149. The van der Waals surface area contributed by atoms with Crippen LogP contribution in [0.25, 0.3) is 0 Å². The molecule has 0 unspecified atom stereocenters. The molecule has 0 spiro atoms. The third-order valence-electron chi connectivity index (χ3n) is 1.71. The van der Waals surface area contributed by atoms with E-state index in [9.17, 15) is 17.2 Å². The molecule has 0 atom stereocenters. The Morgan fingerprint density at radius 3 is 2.40 bits per heavy atom. The van der Waals surface area contributed by atoms with Crippen LogP contribution >= 0.6 is 15.9 Å². The first-order valence-electron chi connectivity index (χ1n) is 3.71. The molecule has 2 N–H and O–H groups in total. The Morgan fingerprint density at radius 1 is 1.53 bits per heavy atom.